The zero-order valence-corrected chi connectivity index (χ0v) is 30.0. The number of benzene rings is 2. The number of nitrogens with one attached hydrogen (secondary N) is 2. The van der Waals surface area contributed by atoms with Crippen LogP contribution in [0, 0.1) is 13.8 Å². The second kappa shape index (κ2) is 15.2. The lowest BCUT2D eigenvalue weighted by Crippen LogP contribution is -2.14. The van der Waals surface area contributed by atoms with Crippen molar-refractivity contribution in [2.24, 2.45) is 0 Å². The lowest BCUT2D eigenvalue weighted by Gasteiger charge is -2.15. The number of nitrogens with zero attached hydrogens (tertiary/aromatic N) is 6. The first-order valence-electron chi connectivity index (χ1n) is 16.8. The van der Waals surface area contributed by atoms with Gasteiger partial charge in [-0.05, 0) is 63.1 Å². The maximum absolute atomic E-state index is 12.8. The van der Waals surface area contributed by atoms with Crippen LogP contribution in [0.5, 0.6) is 0 Å². The SMILES string of the molecule is Cc1nc2c(c([C@@H](C)CO)nn2[C@@H](C)c2ccc(C(F)(F)F)cc2)c(=O)[nH]1.Cc1nc2c(c([C@H](C)CO)nn2[C@@H](C)c2ccc(C(F)(F)F)cc2)c(=O)[nH]1. The van der Waals surface area contributed by atoms with Crippen LogP contribution in [0.15, 0.2) is 58.1 Å². The van der Waals surface area contributed by atoms with Crippen molar-refractivity contribution in [2.75, 3.05) is 13.2 Å². The second-order valence-electron chi connectivity index (χ2n) is 13.1. The van der Waals surface area contributed by atoms with Crippen molar-refractivity contribution in [2.45, 2.75) is 77.8 Å². The summed E-state index contributed by atoms with van der Waals surface area (Å²) < 4.78 is 79.7. The highest BCUT2D eigenvalue weighted by Gasteiger charge is 2.32. The second-order valence-corrected chi connectivity index (χ2v) is 13.1. The minimum absolute atomic E-state index is 0.200. The van der Waals surface area contributed by atoms with Gasteiger partial charge in [-0.1, -0.05) is 38.1 Å². The van der Waals surface area contributed by atoms with E-state index in [4.69, 9.17) is 0 Å². The maximum atomic E-state index is 12.8. The molecule has 0 saturated carbocycles. The number of aryl methyl sites for hydroxylation is 2. The number of hydrogen-bond acceptors (Lipinski definition) is 8. The molecule has 0 aliphatic carbocycles. The molecule has 0 bridgehead atoms. The summed E-state index contributed by atoms with van der Waals surface area (Å²) >= 11 is 0. The molecule has 4 aromatic heterocycles. The summed E-state index contributed by atoms with van der Waals surface area (Å²) in [6, 6.07) is 8.69. The third kappa shape index (κ3) is 7.94. The Morgan fingerprint density at radius 3 is 1.20 bits per heavy atom. The minimum atomic E-state index is -4.41. The Morgan fingerprint density at radius 1 is 0.611 bits per heavy atom. The van der Waals surface area contributed by atoms with Crippen molar-refractivity contribution in [3.8, 4) is 0 Å². The normalized spacial score (nSPS) is 14.5. The summed E-state index contributed by atoms with van der Waals surface area (Å²) in [4.78, 5) is 38.8. The van der Waals surface area contributed by atoms with Crippen LogP contribution in [-0.2, 0) is 12.4 Å². The molecule has 288 valence electrons. The lowest BCUT2D eigenvalue weighted by molar-refractivity contribution is -0.138. The average Bonchev–Trinajstić information content (AvgIpc) is 3.69. The standard InChI is InChI=1S/2C18H19F3N4O2/c2*1-9(8-26)15-14-16(22-11(3)23-17(14)27)25(24-15)10(2)12-4-6-13(7-5-12)18(19,20)21/h2*4-7,9-10,26H,8H2,1-3H3,(H,22,23,27)/t9-,10+;9-,10-/m10/s1. The van der Waals surface area contributed by atoms with Crippen molar-refractivity contribution in [1.82, 2.24) is 39.5 Å². The van der Waals surface area contributed by atoms with Gasteiger partial charge in [0.1, 0.15) is 22.4 Å². The van der Waals surface area contributed by atoms with Crippen molar-refractivity contribution in [1.29, 1.82) is 0 Å². The topological polar surface area (TPSA) is 168 Å². The van der Waals surface area contributed by atoms with E-state index in [1.165, 1.54) is 33.6 Å². The summed E-state index contributed by atoms with van der Waals surface area (Å²) in [5.74, 6) is 0.0197. The van der Waals surface area contributed by atoms with Crippen LogP contribution in [0.2, 0.25) is 0 Å². The fraction of sp³-hybridized carbons (Fsp3) is 0.389. The predicted octanol–water partition coefficient (Wildman–Crippen LogP) is 6.30. The first-order valence-corrected chi connectivity index (χ1v) is 16.8. The third-order valence-corrected chi connectivity index (χ3v) is 9.07. The first kappa shape index (κ1) is 39.8. The highest BCUT2D eigenvalue weighted by Crippen LogP contribution is 2.33. The van der Waals surface area contributed by atoms with Gasteiger partial charge in [0.05, 0.1) is 47.8 Å². The smallest absolute Gasteiger partial charge is 0.396 e. The molecule has 4 heterocycles. The number of aromatic amines is 2. The summed E-state index contributed by atoms with van der Waals surface area (Å²) in [5, 5.41) is 28.4. The van der Waals surface area contributed by atoms with E-state index >= 15 is 0 Å². The Labute approximate surface area is 303 Å². The van der Waals surface area contributed by atoms with Crippen LogP contribution in [0.25, 0.3) is 22.1 Å². The lowest BCUT2D eigenvalue weighted by atomic mass is 10.1. The van der Waals surface area contributed by atoms with Gasteiger partial charge >= 0.3 is 12.4 Å². The monoisotopic (exact) mass is 760 g/mol. The quantitative estimate of drug-likeness (QED) is 0.131. The number of aliphatic hydroxyl groups is 2. The Morgan fingerprint density at radius 2 is 0.926 bits per heavy atom. The van der Waals surface area contributed by atoms with E-state index in [-0.39, 0.29) is 46.9 Å². The summed E-state index contributed by atoms with van der Waals surface area (Å²) in [5.41, 5.74) is 0.466. The first-order chi connectivity index (χ1) is 25.3. The van der Waals surface area contributed by atoms with E-state index in [1.54, 1.807) is 41.5 Å². The number of alkyl halides is 6. The van der Waals surface area contributed by atoms with Gasteiger partial charge in [-0.15, -0.1) is 0 Å². The molecule has 4 atom stereocenters. The zero-order chi connectivity index (χ0) is 39.9. The molecule has 0 aliphatic heterocycles. The van der Waals surface area contributed by atoms with Crippen LogP contribution in [-0.4, -0.2) is 62.9 Å². The molecule has 6 rings (SSSR count). The summed E-state index contributed by atoms with van der Waals surface area (Å²) in [6.07, 6.45) is -8.81. The fourth-order valence-corrected chi connectivity index (χ4v) is 5.95. The Balaban J connectivity index is 0.000000208. The number of aliphatic hydroxyl groups excluding tert-OH is 2. The summed E-state index contributed by atoms with van der Waals surface area (Å²) in [7, 11) is 0. The molecule has 6 aromatic rings. The molecule has 2 aromatic carbocycles. The van der Waals surface area contributed by atoms with Crippen molar-refractivity contribution in [3.63, 3.8) is 0 Å². The van der Waals surface area contributed by atoms with Gasteiger partial charge in [-0.3, -0.25) is 9.59 Å². The number of aromatic nitrogens is 8. The molecule has 12 nitrogen and oxygen atoms in total. The molecular weight excluding hydrogens is 722 g/mol. The van der Waals surface area contributed by atoms with Crippen molar-refractivity contribution >= 4 is 22.1 Å². The van der Waals surface area contributed by atoms with E-state index in [9.17, 15) is 46.1 Å². The number of halogens is 6. The largest absolute Gasteiger partial charge is 0.416 e. The molecule has 4 N–H and O–H groups in total. The van der Waals surface area contributed by atoms with Crippen molar-refractivity contribution in [3.05, 3.63) is 115 Å². The van der Waals surface area contributed by atoms with E-state index in [1.807, 2.05) is 0 Å². The third-order valence-electron chi connectivity index (χ3n) is 9.07. The Kier molecular flexibility index (Phi) is 11.2. The predicted molar refractivity (Wildman–Crippen MR) is 187 cm³/mol. The summed E-state index contributed by atoms with van der Waals surface area (Å²) in [6.45, 7) is 9.86. The van der Waals surface area contributed by atoms with E-state index in [0.717, 1.165) is 24.3 Å². The zero-order valence-electron chi connectivity index (χ0n) is 30.0. The van der Waals surface area contributed by atoms with Gasteiger partial charge in [0.2, 0.25) is 0 Å². The number of rotatable bonds is 8. The molecule has 0 saturated heterocycles. The van der Waals surface area contributed by atoms with Gasteiger partial charge in [0, 0.05) is 11.8 Å². The molecular formula is C36H38F6N8O4. The number of fused-ring (bicyclic) bond motifs is 2. The van der Waals surface area contributed by atoms with Crippen LogP contribution in [0.3, 0.4) is 0 Å². The molecule has 0 spiro atoms. The number of hydrogen-bond donors (Lipinski definition) is 4. The molecule has 18 heteroatoms. The highest BCUT2D eigenvalue weighted by atomic mass is 19.4. The molecule has 0 radical (unpaired) electrons. The molecule has 54 heavy (non-hydrogen) atoms. The van der Waals surface area contributed by atoms with Gasteiger partial charge in [0.15, 0.2) is 11.3 Å². The van der Waals surface area contributed by atoms with Crippen LogP contribution < -0.4 is 11.1 Å². The van der Waals surface area contributed by atoms with Gasteiger partial charge < -0.3 is 20.2 Å². The van der Waals surface area contributed by atoms with E-state index < -0.39 is 35.6 Å². The maximum Gasteiger partial charge on any atom is 0.416 e. The van der Waals surface area contributed by atoms with E-state index in [0.29, 0.717) is 45.5 Å². The highest BCUT2D eigenvalue weighted by molar-refractivity contribution is 5.79. The average molecular weight is 761 g/mol. The van der Waals surface area contributed by atoms with Crippen molar-refractivity contribution < 1.29 is 36.6 Å². The molecule has 0 fully saturated rings. The fourth-order valence-electron chi connectivity index (χ4n) is 5.95. The Hall–Kier alpha value is -5.36. The number of H-pyrrole nitrogens is 2. The minimum Gasteiger partial charge on any atom is -0.396 e. The van der Waals surface area contributed by atoms with Crippen LogP contribution in [0.1, 0.15) is 96.9 Å². The molecule has 0 amide bonds. The van der Waals surface area contributed by atoms with Gasteiger partial charge in [-0.2, -0.15) is 36.5 Å². The Bertz CT molecular complexity index is 2210. The van der Waals surface area contributed by atoms with Gasteiger partial charge in [0.25, 0.3) is 11.1 Å². The van der Waals surface area contributed by atoms with Crippen LogP contribution >= 0.6 is 0 Å². The van der Waals surface area contributed by atoms with Gasteiger partial charge in [-0.25, -0.2) is 19.3 Å². The molecule has 0 aliphatic rings. The molecule has 0 unspecified atom stereocenters. The van der Waals surface area contributed by atoms with Crippen LogP contribution in [0.4, 0.5) is 26.3 Å². The van der Waals surface area contributed by atoms with E-state index in [2.05, 4.69) is 30.1 Å².